The zero-order chi connectivity index (χ0) is 41.7. The first kappa shape index (κ1) is 39.3. The number of H-pyrrole nitrogens is 1. The molecule has 3 unspecified atom stereocenters. The maximum absolute atomic E-state index is 13.3. The minimum atomic E-state index is -3.84. The number of nitrogens with one attached hydrogen (secondary N) is 3. The van der Waals surface area contributed by atoms with Gasteiger partial charge < -0.3 is 4.98 Å². The summed E-state index contributed by atoms with van der Waals surface area (Å²) >= 11 is 0. The van der Waals surface area contributed by atoms with Crippen molar-refractivity contribution in [1.29, 1.82) is 0 Å². The quantitative estimate of drug-likeness (QED) is 0.176. The molecule has 0 radical (unpaired) electrons. The molecule has 1 aromatic carbocycles. The summed E-state index contributed by atoms with van der Waals surface area (Å²) in [7, 11) is -10.3. The molecule has 6 aromatic heterocycles. The monoisotopic (exact) mass is 874 g/mol. The van der Waals surface area contributed by atoms with Crippen molar-refractivity contribution in [3.63, 3.8) is 0 Å². The number of fused-ring (bicyclic) bond motifs is 6. The zero-order valence-corrected chi connectivity index (χ0v) is 35.7. The first-order valence-electron chi connectivity index (χ1n) is 20.4. The van der Waals surface area contributed by atoms with Crippen LogP contribution in [0.25, 0.3) is 33.6 Å². The molecule has 0 saturated heterocycles. The summed E-state index contributed by atoms with van der Waals surface area (Å²) in [5.41, 5.74) is 4.84. The van der Waals surface area contributed by atoms with E-state index in [4.69, 9.17) is 0 Å². The van der Waals surface area contributed by atoms with Crippen LogP contribution in [0.15, 0.2) is 66.1 Å². The van der Waals surface area contributed by atoms with Crippen LogP contribution in [-0.4, -0.2) is 96.0 Å². The van der Waals surface area contributed by atoms with E-state index in [-0.39, 0.29) is 50.9 Å². The Morgan fingerprint density at radius 2 is 1.18 bits per heavy atom. The molecule has 4 saturated carbocycles. The van der Waals surface area contributed by atoms with Crippen molar-refractivity contribution in [3.8, 4) is 0 Å². The topological polar surface area (TPSA) is 233 Å². The minimum Gasteiger partial charge on any atom is -0.345 e. The summed E-state index contributed by atoms with van der Waals surface area (Å²) in [4.78, 5) is 12.0. The maximum atomic E-state index is 13.3. The van der Waals surface area contributed by atoms with E-state index >= 15 is 0 Å². The van der Waals surface area contributed by atoms with Crippen LogP contribution in [0.4, 0.5) is 0 Å². The lowest BCUT2D eigenvalue weighted by atomic mass is 9.97. The van der Waals surface area contributed by atoms with Gasteiger partial charge in [0.2, 0.25) is 20.0 Å². The van der Waals surface area contributed by atoms with Crippen LogP contribution >= 0.6 is 0 Å². The van der Waals surface area contributed by atoms with Gasteiger partial charge in [-0.3, -0.25) is 8.80 Å². The van der Waals surface area contributed by atoms with Gasteiger partial charge in [-0.05, 0) is 94.4 Å². The number of nitrogens with zero attached hydrogens (tertiary/aromatic N) is 9. The number of sulfonamides is 2. The second-order valence-electron chi connectivity index (χ2n) is 17.1. The molecule has 18 nitrogen and oxygen atoms in total. The Morgan fingerprint density at radius 3 is 1.73 bits per heavy atom. The Labute approximate surface area is 346 Å². The Kier molecular flexibility index (Phi) is 9.43. The number of rotatable bonds is 10. The molecule has 60 heavy (non-hydrogen) atoms. The Morgan fingerprint density at radius 1 is 0.650 bits per heavy atom. The molecule has 7 aromatic rings. The number of hydrogen-bond acceptors (Lipinski definition) is 12. The predicted octanol–water partition coefficient (Wildman–Crippen LogP) is 4.16. The van der Waals surface area contributed by atoms with Crippen molar-refractivity contribution < 1.29 is 25.3 Å². The van der Waals surface area contributed by atoms with Crippen LogP contribution in [0.2, 0.25) is 0 Å². The Hall–Kier alpha value is -4.83. The highest BCUT2D eigenvalue weighted by Gasteiger charge is 2.43. The van der Waals surface area contributed by atoms with Crippen molar-refractivity contribution in [2.24, 2.45) is 11.8 Å². The molecule has 6 heterocycles. The maximum Gasteiger partial charge on any atom is 0.269 e. The molecule has 11 rings (SSSR count). The largest absolute Gasteiger partial charge is 0.345 e. The van der Waals surface area contributed by atoms with Crippen molar-refractivity contribution in [1.82, 2.24) is 57.6 Å². The van der Waals surface area contributed by atoms with Gasteiger partial charge >= 0.3 is 0 Å². The van der Waals surface area contributed by atoms with Crippen LogP contribution in [0.1, 0.15) is 94.3 Å². The molecular weight excluding hydrogens is 829 g/mol. The molecule has 6 atom stereocenters. The van der Waals surface area contributed by atoms with Gasteiger partial charge in [0.25, 0.3) is 10.0 Å². The lowest BCUT2D eigenvalue weighted by Crippen LogP contribution is -2.35. The predicted molar refractivity (Wildman–Crippen MR) is 223 cm³/mol. The summed E-state index contributed by atoms with van der Waals surface area (Å²) < 4.78 is 87.0. The Balaban J connectivity index is 0.000000152. The van der Waals surface area contributed by atoms with E-state index in [1.54, 1.807) is 36.5 Å². The molecule has 0 bridgehead atoms. The number of benzene rings is 1. The lowest BCUT2D eigenvalue weighted by Gasteiger charge is -2.14. The Bertz CT molecular complexity index is 3110. The van der Waals surface area contributed by atoms with Gasteiger partial charge in [0, 0.05) is 36.3 Å². The molecular formula is C39H46N12O6S3. The van der Waals surface area contributed by atoms with Crippen molar-refractivity contribution in [2.75, 3.05) is 0 Å². The van der Waals surface area contributed by atoms with Crippen LogP contribution in [0, 0.1) is 18.8 Å². The number of aromatic amines is 1. The van der Waals surface area contributed by atoms with Gasteiger partial charge in [0.1, 0.15) is 11.6 Å². The van der Waals surface area contributed by atoms with Crippen LogP contribution in [0.5, 0.6) is 0 Å². The van der Waals surface area contributed by atoms with Crippen molar-refractivity contribution >= 4 is 63.7 Å². The molecule has 0 amide bonds. The third-order valence-electron chi connectivity index (χ3n) is 12.6. The number of hydrogen-bond donors (Lipinski definition) is 3. The molecule has 4 aliphatic carbocycles. The molecule has 4 aliphatic rings. The average molecular weight is 875 g/mol. The fraction of sp³-hybridized carbons (Fsp3) is 0.487. The van der Waals surface area contributed by atoms with Crippen LogP contribution in [0.3, 0.4) is 0 Å². The summed E-state index contributed by atoms with van der Waals surface area (Å²) in [6, 6.07) is 10.2. The van der Waals surface area contributed by atoms with E-state index < -0.39 is 30.1 Å². The average Bonchev–Trinajstić information content (AvgIpc) is 3.90. The van der Waals surface area contributed by atoms with E-state index in [9.17, 15) is 25.3 Å². The van der Waals surface area contributed by atoms with E-state index in [2.05, 4.69) is 58.6 Å². The SMILES string of the molecule is C[C@@H]1C[C@H](NS(=O)(=O)C2CC2)C[C@@H]1c1nnc2cnc3[nH]ccc3n12.Cc1ccc(S(=O)(=O)n2ccc3c2ncc2nnc(C4CC(NS(=O)(=O)C5CC5)CC4C)n23)cc1. The van der Waals surface area contributed by atoms with Gasteiger partial charge in [-0.2, -0.15) is 0 Å². The molecule has 3 N–H and O–H groups in total. The standard InChI is InChI=1S/C23H26N6O4S2.C16H20N6O2S/c1-14-3-5-18(6-4-14)35(32,33)28-10-9-20-23(28)24-13-21-25-26-22(29(20)21)19-12-16(11-15(19)2)27-34(30,31)17-7-8-17;1-9-6-10(21-25(23,24)11-2-3-11)7-12(9)16-20-19-14-8-18-15-13(22(14)16)4-5-17-15/h3-6,9-10,13,15-17,19,27H,7-8,11-12H2,1-2H3;4-5,8-12,17,21H,2-3,6-7H2,1H3/t;9-,10+,12+/m.1/s1. The van der Waals surface area contributed by atoms with E-state index in [0.29, 0.717) is 35.7 Å². The van der Waals surface area contributed by atoms with E-state index in [1.165, 1.54) is 16.4 Å². The van der Waals surface area contributed by atoms with Gasteiger partial charge in [-0.1, -0.05) is 31.5 Å². The molecule has 21 heteroatoms. The fourth-order valence-corrected chi connectivity index (χ4v) is 13.7. The first-order valence-corrected chi connectivity index (χ1v) is 24.9. The smallest absolute Gasteiger partial charge is 0.269 e. The van der Waals surface area contributed by atoms with Gasteiger partial charge in [-0.25, -0.2) is 48.6 Å². The second kappa shape index (κ2) is 14.4. The third-order valence-corrected chi connectivity index (χ3v) is 18.3. The molecule has 316 valence electrons. The minimum absolute atomic E-state index is 0.0264. The van der Waals surface area contributed by atoms with Gasteiger partial charge in [0.05, 0.1) is 38.8 Å². The highest BCUT2D eigenvalue weighted by atomic mass is 32.2. The first-order chi connectivity index (χ1) is 28.7. The lowest BCUT2D eigenvalue weighted by molar-refractivity contribution is 0.505. The van der Waals surface area contributed by atoms with E-state index in [1.807, 2.05) is 28.0 Å². The second-order valence-corrected chi connectivity index (χ2v) is 22.9. The molecule has 0 spiro atoms. The summed E-state index contributed by atoms with van der Waals surface area (Å²) in [5, 5.41) is 17.0. The van der Waals surface area contributed by atoms with Crippen LogP contribution < -0.4 is 9.44 Å². The zero-order valence-electron chi connectivity index (χ0n) is 33.2. The van der Waals surface area contributed by atoms with Crippen molar-refractivity contribution in [3.05, 3.63) is 78.4 Å². The van der Waals surface area contributed by atoms with Gasteiger partial charge in [-0.15, -0.1) is 20.4 Å². The summed E-state index contributed by atoms with van der Waals surface area (Å²) in [6.45, 7) is 6.15. The normalized spacial score (nSPS) is 25.1. The molecule has 0 aliphatic heterocycles. The summed E-state index contributed by atoms with van der Waals surface area (Å²) in [5.74, 6) is 2.24. The number of aryl methyl sites for hydroxylation is 1. The van der Waals surface area contributed by atoms with Crippen molar-refractivity contribution in [2.45, 2.75) is 111 Å². The highest BCUT2D eigenvalue weighted by Crippen LogP contribution is 2.42. The molecule has 4 fully saturated rings. The third kappa shape index (κ3) is 6.96. The number of aromatic nitrogens is 10. The van der Waals surface area contributed by atoms with Gasteiger partial charge in [0.15, 0.2) is 22.6 Å². The fourth-order valence-electron chi connectivity index (χ4n) is 9.17. The summed E-state index contributed by atoms with van der Waals surface area (Å²) in [6.07, 6.45) is 12.5. The van der Waals surface area contributed by atoms with Crippen LogP contribution in [-0.2, 0) is 30.1 Å². The van der Waals surface area contributed by atoms with E-state index in [0.717, 1.165) is 66.7 Å². The highest BCUT2D eigenvalue weighted by molar-refractivity contribution is 7.90.